The number of hydrogen-bond acceptors (Lipinski definition) is 9. The van der Waals surface area contributed by atoms with Crippen molar-refractivity contribution < 1.29 is 33.4 Å². The Hall–Kier alpha value is -1.81. The van der Waals surface area contributed by atoms with Gasteiger partial charge in [-0.15, -0.1) is 0 Å². The average molecular weight is 392 g/mol. The second-order valence-corrected chi connectivity index (χ2v) is 7.52. The molecule has 0 aromatic rings. The summed E-state index contributed by atoms with van der Waals surface area (Å²) in [7, 11) is 2.45. The van der Waals surface area contributed by atoms with E-state index in [4.69, 9.17) is 15.2 Å². The number of hydrogen-bond donors (Lipinski definition) is 2. The first-order chi connectivity index (χ1) is 12.0. The molecule has 0 aliphatic carbocycles. The van der Waals surface area contributed by atoms with Gasteiger partial charge in [0.25, 0.3) is 0 Å². The van der Waals surface area contributed by atoms with Gasteiger partial charge in [-0.3, -0.25) is 19.2 Å². The van der Waals surface area contributed by atoms with Crippen LogP contribution in [0.5, 0.6) is 0 Å². The van der Waals surface area contributed by atoms with Crippen molar-refractivity contribution in [2.45, 2.75) is 38.8 Å². The molecule has 2 atom stereocenters. The average Bonchev–Trinajstić information content (AvgIpc) is 2.55. The van der Waals surface area contributed by atoms with Crippen molar-refractivity contribution in [3.05, 3.63) is 0 Å². The molecule has 0 unspecified atom stereocenters. The van der Waals surface area contributed by atoms with Crippen molar-refractivity contribution in [3.63, 3.8) is 0 Å². The Balaban J connectivity index is 4.44. The second kappa shape index (κ2) is 11.7. The van der Waals surface area contributed by atoms with Crippen LogP contribution in [0.25, 0.3) is 0 Å². The summed E-state index contributed by atoms with van der Waals surface area (Å²) >= 11 is 1.23. The molecule has 150 valence electrons. The van der Waals surface area contributed by atoms with Gasteiger partial charge in [-0.25, -0.2) is 0 Å². The van der Waals surface area contributed by atoms with E-state index in [1.165, 1.54) is 26.0 Å². The normalized spacial score (nSPS) is 13.3. The van der Waals surface area contributed by atoms with Crippen molar-refractivity contribution in [2.75, 3.05) is 32.3 Å². The lowest BCUT2D eigenvalue weighted by Gasteiger charge is -2.21. The molecule has 0 saturated heterocycles. The maximum atomic E-state index is 11.9. The molecule has 0 aliphatic rings. The lowest BCUT2D eigenvalue weighted by molar-refractivity contribution is -0.160. The van der Waals surface area contributed by atoms with Gasteiger partial charge in [0.1, 0.15) is 12.1 Å². The molecule has 26 heavy (non-hydrogen) atoms. The first-order valence-corrected chi connectivity index (χ1v) is 9.13. The van der Waals surface area contributed by atoms with E-state index in [-0.39, 0.29) is 24.5 Å². The van der Waals surface area contributed by atoms with Crippen LogP contribution in [0.15, 0.2) is 0 Å². The molecule has 0 saturated carbocycles. The standard InChI is InChI=1S/C16H28N2O7S/c1-16(2,3)25-12(19)6-10(15(22)24-5)8-26-9-11(17)14(21)18-7-13(20)23-4/h10-11H,6-9,17H2,1-5H3,(H,18,21)/t10-,11+/m0/s1. The largest absolute Gasteiger partial charge is 0.469 e. The van der Waals surface area contributed by atoms with Gasteiger partial charge in [0, 0.05) is 11.5 Å². The highest BCUT2D eigenvalue weighted by molar-refractivity contribution is 7.99. The lowest BCUT2D eigenvalue weighted by Crippen LogP contribution is -2.44. The van der Waals surface area contributed by atoms with Gasteiger partial charge in [0.15, 0.2) is 0 Å². The fraction of sp³-hybridized carbons (Fsp3) is 0.750. The number of thioether (sulfide) groups is 1. The first-order valence-electron chi connectivity index (χ1n) is 7.97. The number of nitrogens with two attached hydrogens (primary N) is 1. The molecule has 0 spiro atoms. The SMILES string of the molecule is COC(=O)CNC(=O)[C@H](N)CSC[C@H](CC(=O)OC(C)(C)C)C(=O)OC. The minimum absolute atomic E-state index is 0.124. The molecule has 0 fully saturated rings. The Morgan fingerprint density at radius 1 is 1.04 bits per heavy atom. The fourth-order valence-electron chi connectivity index (χ4n) is 1.74. The van der Waals surface area contributed by atoms with Crippen molar-refractivity contribution in [3.8, 4) is 0 Å². The second-order valence-electron chi connectivity index (χ2n) is 6.45. The van der Waals surface area contributed by atoms with Crippen LogP contribution < -0.4 is 11.1 Å². The molecule has 0 rings (SSSR count). The van der Waals surface area contributed by atoms with Gasteiger partial charge in [-0.1, -0.05) is 0 Å². The van der Waals surface area contributed by atoms with Crippen LogP contribution in [0.4, 0.5) is 0 Å². The van der Waals surface area contributed by atoms with Gasteiger partial charge in [0.2, 0.25) is 5.91 Å². The van der Waals surface area contributed by atoms with Crippen molar-refractivity contribution >= 4 is 35.6 Å². The van der Waals surface area contributed by atoms with Gasteiger partial charge in [-0.05, 0) is 20.8 Å². The topological polar surface area (TPSA) is 134 Å². The lowest BCUT2D eigenvalue weighted by atomic mass is 10.1. The quantitative estimate of drug-likeness (QED) is 0.385. The number of amides is 1. The molecule has 0 aromatic heterocycles. The summed E-state index contributed by atoms with van der Waals surface area (Å²) in [5, 5.41) is 2.35. The maximum Gasteiger partial charge on any atom is 0.325 e. The van der Waals surface area contributed by atoms with Crippen LogP contribution in [0.1, 0.15) is 27.2 Å². The van der Waals surface area contributed by atoms with E-state index in [1.54, 1.807) is 20.8 Å². The third kappa shape index (κ3) is 10.9. The summed E-state index contributed by atoms with van der Waals surface area (Å²) < 4.78 is 14.3. The first kappa shape index (κ1) is 24.2. The van der Waals surface area contributed by atoms with Crippen LogP contribution >= 0.6 is 11.8 Å². The van der Waals surface area contributed by atoms with Crippen LogP contribution in [0, 0.1) is 5.92 Å². The summed E-state index contributed by atoms with van der Waals surface area (Å²) in [5.74, 6) is -2.39. The molecule has 9 nitrogen and oxygen atoms in total. The Labute approximate surface area is 157 Å². The number of carbonyl (C=O) groups excluding carboxylic acids is 4. The zero-order valence-electron chi connectivity index (χ0n) is 15.8. The van der Waals surface area contributed by atoms with Crippen LogP contribution in [0.2, 0.25) is 0 Å². The molecule has 3 N–H and O–H groups in total. The third-order valence-corrected chi connectivity index (χ3v) is 4.19. The van der Waals surface area contributed by atoms with Crippen molar-refractivity contribution in [1.82, 2.24) is 5.32 Å². The molecule has 10 heteroatoms. The van der Waals surface area contributed by atoms with E-state index >= 15 is 0 Å². The number of methoxy groups -OCH3 is 2. The molecule has 0 bridgehead atoms. The minimum Gasteiger partial charge on any atom is -0.469 e. The van der Waals surface area contributed by atoms with Gasteiger partial charge in [-0.2, -0.15) is 11.8 Å². The van der Waals surface area contributed by atoms with Gasteiger partial charge in [0.05, 0.1) is 32.6 Å². The summed E-state index contributed by atoms with van der Waals surface area (Å²) in [4.78, 5) is 46.4. The number of ether oxygens (including phenoxy) is 3. The number of esters is 3. The molecular formula is C16H28N2O7S. The van der Waals surface area contributed by atoms with E-state index in [2.05, 4.69) is 10.1 Å². The molecular weight excluding hydrogens is 364 g/mol. The highest BCUT2D eigenvalue weighted by Gasteiger charge is 2.27. The van der Waals surface area contributed by atoms with E-state index in [1.807, 2.05) is 0 Å². The Kier molecular flexibility index (Phi) is 10.9. The van der Waals surface area contributed by atoms with Crippen molar-refractivity contribution in [2.24, 2.45) is 11.7 Å². The van der Waals surface area contributed by atoms with E-state index in [9.17, 15) is 19.2 Å². The number of nitrogens with one attached hydrogen (secondary N) is 1. The molecule has 0 aliphatic heterocycles. The zero-order valence-corrected chi connectivity index (χ0v) is 16.6. The Morgan fingerprint density at radius 3 is 2.15 bits per heavy atom. The minimum atomic E-state index is -0.871. The van der Waals surface area contributed by atoms with Crippen LogP contribution in [-0.2, 0) is 33.4 Å². The third-order valence-electron chi connectivity index (χ3n) is 2.96. The number of rotatable bonds is 10. The Bertz CT molecular complexity index is 505. The predicted molar refractivity (Wildman–Crippen MR) is 96.3 cm³/mol. The zero-order chi connectivity index (χ0) is 20.3. The van der Waals surface area contributed by atoms with Crippen LogP contribution in [-0.4, -0.2) is 67.7 Å². The maximum absolute atomic E-state index is 11.9. The monoisotopic (exact) mass is 392 g/mol. The predicted octanol–water partition coefficient (Wildman–Crippen LogP) is -0.143. The Morgan fingerprint density at radius 2 is 1.65 bits per heavy atom. The fourth-order valence-corrected chi connectivity index (χ4v) is 2.82. The van der Waals surface area contributed by atoms with Crippen LogP contribution in [0.3, 0.4) is 0 Å². The van der Waals surface area contributed by atoms with Gasteiger partial charge < -0.3 is 25.3 Å². The summed E-state index contributed by atoms with van der Waals surface area (Å²) in [5.41, 5.74) is 5.08. The number of carbonyl (C=O) groups is 4. The van der Waals surface area contributed by atoms with E-state index < -0.39 is 41.4 Å². The van der Waals surface area contributed by atoms with Crippen molar-refractivity contribution in [1.29, 1.82) is 0 Å². The van der Waals surface area contributed by atoms with E-state index in [0.717, 1.165) is 0 Å². The molecule has 1 amide bonds. The van der Waals surface area contributed by atoms with E-state index in [0.29, 0.717) is 0 Å². The highest BCUT2D eigenvalue weighted by atomic mass is 32.2. The summed E-state index contributed by atoms with van der Waals surface area (Å²) in [6, 6.07) is -0.871. The smallest absolute Gasteiger partial charge is 0.325 e. The molecule has 0 aromatic carbocycles. The highest BCUT2D eigenvalue weighted by Crippen LogP contribution is 2.18. The summed E-state index contributed by atoms with van der Waals surface area (Å²) in [6.45, 7) is 4.94. The molecule has 0 radical (unpaired) electrons. The summed E-state index contributed by atoms with van der Waals surface area (Å²) in [6.07, 6.45) is -0.124. The van der Waals surface area contributed by atoms with Gasteiger partial charge >= 0.3 is 17.9 Å². The molecule has 0 heterocycles.